The number of benzene rings is 2. The van der Waals surface area contributed by atoms with Crippen LogP contribution in [0, 0.1) is 0 Å². The van der Waals surface area contributed by atoms with Crippen molar-refractivity contribution in [1.82, 2.24) is 10.2 Å². The Bertz CT molecular complexity index is 1080. The molecule has 1 aliphatic heterocycles. The molecule has 1 aliphatic rings. The number of rotatable bonds is 14. The van der Waals surface area contributed by atoms with Gasteiger partial charge in [0.15, 0.2) is 11.5 Å². The molecule has 37 heavy (non-hydrogen) atoms. The standard InChI is InChI=1S/C29H39N5O3/c1-23(31-22-29(35)33(3)26-11-6-5-7-12-26)15-16-30-24(2)32-25-13-14-27(36-4)28(21-25)37-20-10-19-34-17-8-9-18-34/h5-7,11-16,21,31-32H,2,8-10,17-20,22H2,1,3-4H3/b23-15+,30-16-. The summed E-state index contributed by atoms with van der Waals surface area (Å²) in [7, 11) is 3.40. The van der Waals surface area contributed by atoms with E-state index in [0.29, 0.717) is 23.9 Å². The Morgan fingerprint density at radius 1 is 1.16 bits per heavy atom. The third-order valence-corrected chi connectivity index (χ3v) is 6.12. The van der Waals surface area contributed by atoms with Crippen LogP contribution < -0.4 is 25.0 Å². The van der Waals surface area contributed by atoms with Gasteiger partial charge in [-0.3, -0.25) is 4.79 Å². The zero-order chi connectivity index (χ0) is 26.5. The molecule has 0 bridgehead atoms. The molecule has 2 aromatic rings. The van der Waals surface area contributed by atoms with Crippen LogP contribution in [0.5, 0.6) is 11.5 Å². The van der Waals surface area contributed by atoms with Gasteiger partial charge in [0.05, 0.1) is 20.3 Å². The quantitative estimate of drug-likeness (QED) is 0.287. The maximum Gasteiger partial charge on any atom is 0.246 e. The van der Waals surface area contributed by atoms with Crippen LogP contribution in [-0.2, 0) is 4.79 Å². The maximum absolute atomic E-state index is 12.4. The molecule has 1 fully saturated rings. The van der Waals surface area contributed by atoms with Crippen molar-refractivity contribution in [1.29, 1.82) is 0 Å². The molecular weight excluding hydrogens is 466 g/mol. The van der Waals surface area contributed by atoms with Crippen LogP contribution in [0.4, 0.5) is 11.4 Å². The van der Waals surface area contributed by atoms with Crippen LogP contribution in [0.3, 0.4) is 0 Å². The first kappa shape index (κ1) is 27.8. The van der Waals surface area contributed by atoms with Crippen LogP contribution in [0.25, 0.3) is 0 Å². The molecule has 1 heterocycles. The van der Waals surface area contributed by atoms with Crippen molar-refractivity contribution < 1.29 is 14.3 Å². The minimum atomic E-state index is -0.0319. The summed E-state index contributed by atoms with van der Waals surface area (Å²) in [5.74, 6) is 1.83. The van der Waals surface area contributed by atoms with E-state index in [2.05, 4.69) is 27.1 Å². The highest BCUT2D eigenvalue weighted by Gasteiger charge is 2.12. The van der Waals surface area contributed by atoms with E-state index in [1.807, 2.05) is 55.5 Å². The molecule has 0 radical (unpaired) electrons. The average molecular weight is 506 g/mol. The Labute approximate surface area is 220 Å². The van der Waals surface area contributed by atoms with Crippen molar-refractivity contribution >= 4 is 23.5 Å². The molecule has 8 nitrogen and oxygen atoms in total. The summed E-state index contributed by atoms with van der Waals surface area (Å²) in [5, 5.41) is 6.29. The van der Waals surface area contributed by atoms with Gasteiger partial charge < -0.3 is 29.9 Å². The van der Waals surface area contributed by atoms with E-state index in [9.17, 15) is 4.79 Å². The molecule has 0 aromatic heterocycles. The number of ether oxygens (including phenoxy) is 2. The summed E-state index contributed by atoms with van der Waals surface area (Å²) in [4.78, 5) is 20.9. The molecule has 0 aliphatic carbocycles. The predicted octanol–water partition coefficient (Wildman–Crippen LogP) is 4.67. The van der Waals surface area contributed by atoms with E-state index in [-0.39, 0.29) is 12.5 Å². The average Bonchev–Trinajstić information content (AvgIpc) is 3.43. The molecule has 0 atom stereocenters. The first-order valence-corrected chi connectivity index (χ1v) is 12.7. The topological polar surface area (TPSA) is 78.4 Å². The number of allylic oxidation sites excluding steroid dienone is 2. The van der Waals surface area contributed by atoms with Gasteiger partial charge in [-0.2, -0.15) is 0 Å². The van der Waals surface area contributed by atoms with Crippen molar-refractivity contribution in [3.05, 3.63) is 72.7 Å². The number of anilines is 2. The Morgan fingerprint density at radius 3 is 2.65 bits per heavy atom. The molecule has 1 saturated heterocycles. The third kappa shape index (κ3) is 9.31. The molecule has 8 heteroatoms. The van der Waals surface area contributed by atoms with Crippen LogP contribution in [0.1, 0.15) is 26.2 Å². The number of nitrogens with zero attached hydrogens (tertiary/aromatic N) is 3. The minimum absolute atomic E-state index is 0.0319. The van der Waals surface area contributed by atoms with E-state index < -0.39 is 0 Å². The Hall–Kier alpha value is -3.78. The van der Waals surface area contributed by atoms with Crippen LogP contribution in [-0.4, -0.2) is 64.0 Å². The van der Waals surface area contributed by atoms with Gasteiger partial charge in [-0.05, 0) is 69.6 Å². The monoisotopic (exact) mass is 505 g/mol. The summed E-state index contributed by atoms with van der Waals surface area (Å²) in [6.45, 7) is 10.1. The Kier molecular flexibility index (Phi) is 11.0. The van der Waals surface area contributed by atoms with Crippen molar-refractivity contribution in [2.75, 3.05) is 57.2 Å². The number of para-hydroxylation sites is 1. The van der Waals surface area contributed by atoms with Crippen molar-refractivity contribution in [3.8, 4) is 11.5 Å². The largest absolute Gasteiger partial charge is 0.493 e. The van der Waals surface area contributed by atoms with E-state index in [1.54, 1.807) is 31.3 Å². The minimum Gasteiger partial charge on any atom is -0.493 e. The normalized spacial score (nSPS) is 14.0. The zero-order valence-corrected chi connectivity index (χ0v) is 22.2. The molecule has 0 saturated carbocycles. The van der Waals surface area contributed by atoms with Gasteiger partial charge in [-0.25, -0.2) is 4.99 Å². The second kappa shape index (κ2) is 14.7. The highest BCUT2D eigenvalue weighted by atomic mass is 16.5. The molecule has 198 valence electrons. The summed E-state index contributed by atoms with van der Waals surface area (Å²) in [6, 6.07) is 15.2. The van der Waals surface area contributed by atoms with Crippen LogP contribution in [0.2, 0.25) is 0 Å². The van der Waals surface area contributed by atoms with Gasteiger partial charge >= 0.3 is 0 Å². The summed E-state index contributed by atoms with van der Waals surface area (Å²) < 4.78 is 11.5. The number of carbonyl (C=O) groups excluding carboxylic acids is 1. The van der Waals surface area contributed by atoms with Gasteiger partial charge in [0.25, 0.3) is 0 Å². The fraction of sp³-hybridized carbons (Fsp3) is 0.379. The van der Waals surface area contributed by atoms with E-state index in [4.69, 9.17) is 9.47 Å². The number of amides is 1. The predicted molar refractivity (Wildman–Crippen MR) is 152 cm³/mol. The number of nitrogens with one attached hydrogen (secondary N) is 2. The number of hydrogen-bond donors (Lipinski definition) is 2. The van der Waals surface area contributed by atoms with Gasteiger partial charge in [-0.1, -0.05) is 24.8 Å². The molecule has 0 unspecified atom stereocenters. The Morgan fingerprint density at radius 2 is 1.92 bits per heavy atom. The lowest BCUT2D eigenvalue weighted by atomic mass is 10.2. The number of likely N-dealkylation sites (N-methyl/N-ethyl adjacent to an activating group) is 1. The highest BCUT2D eigenvalue weighted by Crippen LogP contribution is 2.31. The van der Waals surface area contributed by atoms with Crippen molar-refractivity contribution in [2.24, 2.45) is 4.99 Å². The van der Waals surface area contributed by atoms with Crippen molar-refractivity contribution in [3.63, 3.8) is 0 Å². The molecule has 3 rings (SSSR count). The SMILES string of the molecule is C=C(/N=C\C=C(/C)NCC(=O)N(C)c1ccccc1)Nc1ccc(OC)c(OCCCN2CCCC2)c1. The lowest BCUT2D eigenvalue weighted by Crippen LogP contribution is -2.34. The number of hydrogen-bond acceptors (Lipinski definition) is 7. The summed E-state index contributed by atoms with van der Waals surface area (Å²) in [5.41, 5.74) is 2.49. The molecule has 1 amide bonds. The van der Waals surface area contributed by atoms with Crippen LogP contribution in [0.15, 0.2) is 77.7 Å². The molecular formula is C29H39N5O3. The van der Waals surface area contributed by atoms with E-state index >= 15 is 0 Å². The van der Waals surface area contributed by atoms with Gasteiger partial charge in [-0.15, -0.1) is 0 Å². The highest BCUT2D eigenvalue weighted by molar-refractivity contribution is 5.94. The van der Waals surface area contributed by atoms with Crippen molar-refractivity contribution in [2.45, 2.75) is 26.2 Å². The number of likely N-dealkylation sites (tertiary alicyclic amines) is 1. The first-order chi connectivity index (χ1) is 18.0. The second-order valence-corrected chi connectivity index (χ2v) is 8.96. The fourth-order valence-corrected chi connectivity index (χ4v) is 3.97. The fourth-order valence-electron chi connectivity index (χ4n) is 3.97. The van der Waals surface area contributed by atoms with Crippen LogP contribution >= 0.6 is 0 Å². The smallest absolute Gasteiger partial charge is 0.246 e. The summed E-state index contributed by atoms with van der Waals surface area (Å²) in [6.07, 6.45) is 7.01. The third-order valence-electron chi connectivity index (χ3n) is 6.12. The van der Waals surface area contributed by atoms with E-state index in [0.717, 1.165) is 30.0 Å². The second-order valence-electron chi connectivity index (χ2n) is 8.96. The molecule has 2 N–H and O–H groups in total. The number of aliphatic imine (C=N–C) groups is 1. The number of methoxy groups -OCH3 is 1. The van der Waals surface area contributed by atoms with Gasteiger partial charge in [0.1, 0.15) is 5.82 Å². The maximum atomic E-state index is 12.4. The van der Waals surface area contributed by atoms with Gasteiger partial charge in [0.2, 0.25) is 5.91 Å². The van der Waals surface area contributed by atoms with E-state index in [1.165, 1.54) is 25.9 Å². The molecule has 0 spiro atoms. The lowest BCUT2D eigenvalue weighted by molar-refractivity contribution is -0.117. The zero-order valence-electron chi connectivity index (χ0n) is 22.2. The Balaban J connectivity index is 1.44. The number of carbonyl (C=O) groups is 1. The summed E-state index contributed by atoms with van der Waals surface area (Å²) >= 11 is 0. The van der Waals surface area contributed by atoms with Gasteiger partial charge in [0, 0.05) is 42.9 Å². The molecule has 2 aromatic carbocycles. The lowest BCUT2D eigenvalue weighted by Gasteiger charge is -2.17. The first-order valence-electron chi connectivity index (χ1n) is 12.7.